The number of rotatable bonds is 3. The van der Waals surface area contributed by atoms with Gasteiger partial charge < -0.3 is 0 Å². The maximum absolute atomic E-state index is 5.17. The van der Waals surface area contributed by atoms with Crippen LogP contribution in [-0.2, 0) is 5.41 Å². The molecule has 0 fully saturated rings. The quantitative estimate of drug-likeness (QED) is 0.245. The monoisotopic (exact) mass is 489 g/mol. The average Bonchev–Trinajstić information content (AvgIpc) is 3.37. The van der Waals surface area contributed by atoms with Crippen LogP contribution in [0.4, 0.5) is 0 Å². The van der Waals surface area contributed by atoms with Crippen molar-refractivity contribution in [3.8, 4) is 11.1 Å². The highest BCUT2D eigenvalue weighted by Gasteiger charge is 2.39. The van der Waals surface area contributed by atoms with Gasteiger partial charge in [0.1, 0.15) is 0 Å². The molecule has 8 rings (SSSR count). The maximum Gasteiger partial charge on any atom is 0.170 e. The van der Waals surface area contributed by atoms with E-state index in [2.05, 4.69) is 145 Å². The molecule has 0 N–H and O–H groups in total. The molecule has 2 heterocycles. The number of benzene rings is 5. The van der Waals surface area contributed by atoms with E-state index in [9.17, 15) is 0 Å². The highest BCUT2D eigenvalue weighted by molar-refractivity contribution is 6.15. The van der Waals surface area contributed by atoms with Crippen molar-refractivity contribution in [2.24, 2.45) is 4.99 Å². The van der Waals surface area contributed by atoms with Crippen LogP contribution in [0.5, 0.6) is 0 Å². The minimum atomic E-state index is -0.0950. The summed E-state index contributed by atoms with van der Waals surface area (Å²) in [6.07, 6.45) is -0.0950. The maximum atomic E-state index is 5.17. The van der Waals surface area contributed by atoms with Gasteiger partial charge >= 0.3 is 0 Å². The summed E-state index contributed by atoms with van der Waals surface area (Å²) in [4.78, 5) is 5.17. The number of nitrogens with zero attached hydrogens (tertiary/aromatic N) is 3. The van der Waals surface area contributed by atoms with Crippen LogP contribution < -0.4 is 5.01 Å². The van der Waals surface area contributed by atoms with Gasteiger partial charge in [-0.1, -0.05) is 117 Å². The van der Waals surface area contributed by atoms with Crippen LogP contribution in [0.25, 0.3) is 32.9 Å². The first-order chi connectivity index (χ1) is 18.6. The summed E-state index contributed by atoms with van der Waals surface area (Å²) in [6.45, 7) is 4.70. The van der Waals surface area contributed by atoms with Crippen LogP contribution in [0.3, 0.4) is 0 Å². The third-order valence-electron chi connectivity index (χ3n) is 8.39. The van der Waals surface area contributed by atoms with Crippen molar-refractivity contribution in [1.29, 1.82) is 0 Å². The number of fused-ring (bicyclic) bond motifs is 6. The third-order valence-corrected chi connectivity index (χ3v) is 8.39. The molecule has 3 nitrogen and oxygen atoms in total. The van der Waals surface area contributed by atoms with Crippen molar-refractivity contribution in [3.05, 3.63) is 144 Å². The van der Waals surface area contributed by atoms with Gasteiger partial charge in [0.25, 0.3) is 0 Å². The second-order valence-corrected chi connectivity index (χ2v) is 10.9. The van der Waals surface area contributed by atoms with E-state index >= 15 is 0 Å². The predicted molar refractivity (Wildman–Crippen MR) is 157 cm³/mol. The number of para-hydroxylation sites is 1. The normalized spacial score (nSPS) is 17.3. The molecule has 3 heteroatoms. The number of aromatic nitrogens is 1. The molecule has 1 atom stereocenters. The second kappa shape index (κ2) is 7.69. The Morgan fingerprint density at radius 3 is 2.11 bits per heavy atom. The number of amidine groups is 1. The molecule has 38 heavy (non-hydrogen) atoms. The highest BCUT2D eigenvalue weighted by Crippen LogP contribution is 2.51. The summed E-state index contributed by atoms with van der Waals surface area (Å²) in [6, 6.07) is 43.7. The first kappa shape index (κ1) is 21.5. The topological polar surface area (TPSA) is 20.5 Å². The second-order valence-electron chi connectivity index (χ2n) is 10.9. The van der Waals surface area contributed by atoms with Gasteiger partial charge in [0.05, 0.1) is 11.0 Å². The van der Waals surface area contributed by atoms with Gasteiger partial charge in [-0.3, -0.25) is 0 Å². The standard InChI is InChI=1S/C35H27N3/c1-35(2)29-19-11-9-17-25(29)27-22-32-28(21-30(27)35)26-18-10-12-20-31(26)37(32)38-33(23-13-5-3-6-14-23)36-34(38)24-15-7-4-8-16-24/h3-22,33H,1-2H3. The van der Waals surface area contributed by atoms with E-state index in [1.165, 1.54) is 49.6 Å². The first-order valence-electron chi connectivity index (χ1n) is 13.3. The van der Waals surface area contributed by atoms with Gasteiger partial charge in [-0.25, -0.2) is 14.7 Å². The Balaban J connectivity index is 1.44. The van der Waals surface area contributed by atoms with E-state index in [-0.39, 0.29) is 11.6 Å². The SMILES string of the molecule is CC1(C)c2ccccc2-c2cc3c(cc21)c1ccccc1n3N1C(c2ccccc2)=NC1c1ccccc1. The van der Waals surface area contributed by atoms with E-state index in [1.54, 1.807) is 0 Å². The Hall–Kier alpha value is -4.63. The molecule has 1 unspecified atom stereocenters. The first-order valence-corrected chi connectivity index (χ1v) is 13.3. The Bertz CT molecular complexity index is 1890. The summed E-state index contributed by atoms with van der Waals surface area (Å²) in [5.41, 5.74) is 10.1. The molecule has 1 aromatic heterocycles. The van der Waals surface area contributed by atoms with Crippen molar-refractivity contribution in [1.82, 2.24) is 4.68 Å². The number of hydrogen-bond donors (Lipinski definition) is 0. The van der Waals surface area contributed by atoms with E-state index in [0.29, 0.717) is 0 Å². The van der Waals surface area contributed by atoms with Gasteiger partial charge in [-0.2, -0.15) is 0 Å². The van der Waals surface area contributed by atoms with E-state index in [1.807, 2.05) is 0 Å². The zero-order valence-corrected chi connectivity index (χ0v) is 21.5. The fraction of sp³-hybridized carbons (Fsp3) is 0.114. The van der Waals surface area contributed by atoms with Crippen LogP contribution in [0.15, 0.2) is 126 Å². The van der Waals surface area contributed by atoms with Crippen molar-refractivity contribution in [3.63, 3.8) is 0 Å². The molecular weight excluding hydrogens is 462 g/mol. The van der Waals surface area contributed by atoms with Crippen LogP contribution in [-0.4, -0.2) is 10.5 Å². The molecular formula is C35H27N3. The lowest BCUT2D eigenvalue weighted by molar-refractivity contribution is 0.567. The number of hydrogen-bond acceptors (Lipinski definition) is 2. The largest absolute Gasteiger partial charge is 0.249 e. The lowest BCUT2D eigenvalue weighted by Gasteiger charge is -2.41. The van der Waals surface area contributed by atoms with Gasteiger partial charge in [0.2, 0.25) is 0 Å². The van der Waals surface area contributed by atoms with Gasteiger partial charge in [-0.15, -0.1) is 0 Å². The van der Waals surface area contributed by atoms with Gasteiger partial charge in [-0.05, 0) is 46.0 Å². The molecule has 2 aliphatic rings. The lowest BCUT2D eigenvalue weighted by Crippen LogP contribution is -2.50. The minimum absolute atomic E-state index is 0.0384. The molecule has 0 radical (unpaired) electrons. The molecule has 6 aromatic rings. The van der Waals surface area contributed by atoms with Crippen molar-refractivity contribution >= 4 is 27.6 Å². The number of aliphatic imine (C=N–C) groups is 1. The van der Waals surface area contributed by atoms with Crippen LogP contribution >= 0.6 is 0 Å². The van der Waals surface area contributed by atoms with Crippen molar-refractivity contribution in [2.75, 3.05) is 5.01 Å². The van der Waals surface area contributed by atoms with Gasteiger partial charge in [0, 0.05) is 21.8 Å². The van der Waals surface area contributed by atoms with E-state index in [0.717, 1.165) is 11.4 Å². The third kappa shape index (κ3) is 2.82. The predicted octanol–water partition coefficient (Wildman–Crippen LogP) is 8.20. The zero-order valence-electron chi connectivity index (χ0n) is 21.5. The Morgan fingerprint density at radius 2 is 1.29 bits per heavy atom. The molecule has 0 spiro atoms. The van der Waals surface area contributed by atoms with Crippen LogP contribution in [0, 0.1) is 0 Å². The summed E-state index contributed by atoms with van der Waals surface area (Å²) in [5, 5.41) is 4.93. The Labute approximate surface area is 222 Å². The summed E-state index contributed by atoms with van der Waals surface area (Å²) < 4.78 is 2.41. The Morgan fingerprint density at radius 1 is 0.605 bits per heavy atom. The van der Waals surface area contributed by atoms with Crippen LogP contribution in [0.2, 0.25) is 0 Å². The van der Waals surface area contributed by atoms with E-state index < -0.39 is 0 Å². The van der Waals surface area contributed by atoms with Crippen LogP contribution in [0.1, 0.15) is 42.3 Å². The minimum Gasteiger partial charge on any atom is -0.249 e. The Kier molecular flexibility index (Phi) is 4.34. The molecule has 182 valence electrons. The van der Waals surface area contributed by atoms with Crippen molar-refractivity contribution < 1.29 is 0 Å². The fourth-order valence-electron chi connectivity index (χ4n) is 6.50. The summed E-state index contributed by atoms with van der Waals surface area (Å²) in [5.74, 6) is 0.989. The molecule has 5 aromatic carbocycles. The molecule has 0 amide bonds. The summed E-state index contributed by atoms with van der Waals surface area (Å²) in [7, 11) is 0. The fourth-order valence-corrected chi connectivity index (χ4v) is 6.50. The molecule has 0 saturated carbocycles. The molecule has 0 saturated heterocycles. The van der Waals surface area contributed by atoms with E-state index in [4.69, 9.17) is 4.99 Å². The van der Waals surface area contributed by atoms with Crippen molar-refractivity contribution in [2.45, 2.75) is 25.4 Å². The highest BCUT2D eigenvalue weighted by atomic mass is 15.7. The lowest BCUT2D eigenvalue weighted by atomic mass is 9.82. The average molecular weight is 490 g/mol. The summed E-state index contributed by atoms with van der Waals surface area (Å²) >= 11 is 0. The molecule has 1 aliphatic heterocycles. The smallest absolute Gasteiger partial charge is 0.170 e. The van der Waals surface area contributed by atoms with Gasteiger partial charge in [0.15, 0.2) is 12.0 Å². The molecule has 1 aliphatic carbocycles. The zero-order chi connectivity index (χ0) is 25.4. The molecule has 0 bridgehead atoms.